The number of aromatic nitrogens is 1. The number of para-hydroxylation sites is 1. The molecule has 3 aromatic rings. The number of nitrogens with zero attached hydrogens (tertiary/aromatic N) is 2. The van der Waals surface area contributed by atoms with E-state index in [9.17, 15) is 4.79 Å². The summed E-state index contributed by atoms with van der Waals surface area (Å²) in [5.74, 6) is 0.810. The number of hydrogen-bond acceptors (Lipinski definition) is 4. The molecule has 3 N–H and O–H groups in total. The molecule has 170 valence electrons. The number of hydrogen-bond donors (Lipinski definition) is 3. The lowest BCUT2D eigenvalue weighted by Crippen LogP contribution is -2.31. The highest BCUT2D eigenvalue weighted by atomic mass is 35.5. The van der Waals surface area contributed by atoms with Gasteiger partial charge >= 0.3 is 0 Å². The van der Waals surface area contributed by atoms with Crippen LogP contribution in [0.4, 0.5) is 11.5 Å². The summed E-state index contributed by atoms with van der Waals surface area (Å²) in [4.78, 5) is 19.1. The number of carbonyl (C=O) groups is 1. The van der Waals surface area contributed by atoms with E-state index in [1.807, 2.05) is 42.5 Å². The lowest BCUT2D eigenvalue weighted by atomic mass is 10.1. The lowest BCUT2D eigenvalue weighted by Gasteiger charge is -2.23. The third-order valence-corrected chi connectivity index (χ3v) is 6.00. The predicted octanol–water partition coefficient (Wildman–Crippen LogP) is 5.80. The minimum Gasteiger partial charge on any atom is -0.380 e. The van der Waals surface area contributed by atoms with Crippen LogP contribution < -0.4 is 10.6 Å². The third-order valence-electron chi connectivity index (χ3n) is 5.77. The SMILES string of the molecule is N=C(c1ccc(CNc2ccccc2C(=O)Nc2ccc(Cl)cn2)cc1)N1CCCCCC1. The van der Waals surface area contributed by atoms with Gasteiger partial charge < -0.3 is 15.5 Å². The van der Waals surface area contributed by atoms with Gasteiger partial charge in [0.25, 0.3) is 5.91 Å². The Hall–Kier alpha value is -3.38. The van der Waals surface area contributed by atoms with Gasteiger partial charge in [-0.2, -0.15) is 0 Å². The summed E-state index contributed by atoms with van der Waals surface area (Å²) in [7, 11) is 0. The van der Waals surface area contributed by atoms with E-state index in [4.69, 9.17) is 17.0 Å². The second kappa shape index (κ2) is 11.0. The van der Waals surface area contributed by atoms with Crippen molar-refractivity contribution in [1.82, 2.24) is 9.88 Å². The van der Waals surface area contributed by atoms with Crippen LogP contribution in [0.15, 0.2) is 66.9 Å². The summed E-state index contributed by atoms with van der Waals surface area (Å²) in [6.45, 7) is 2.50. The van der Waals surface area contributed by atoms with E-state index < -0.39 is 0 Å². The first-order valence-corrected chi connectivity index (χ1v) is 11.7. The van der Waals surface area contributed by atoms with Gasteiger partial charge in [-0.05, 0) is 42.7 Å². The van der Waals surface area contributed by atoms with Gasteiger partial charge in [-0.25, -0.2) is 4.98 Å². The molecule has 0 atom stereocenters. The molecule has 0 spiro atoms. The number of nitrogens with one attached hydrogen (secondary N) is 3. The molecule has 0 radical (unpaired) electrons. The zero-order valence-corrected chi connectivity index (χ0v) is 19.2. The van der Waals surface area contributed by atoms with E-state index in [1.54, 1.807) is 18.2 Å². The van der Waals surface area contributed by atoms with Gasteiger partial charge in [0.2, 0.25) is 0 Å². The van der Waals surface area contributed by atoms with E-state index >= 15 is 0 Å². The molecule has 7 heteroatoms. The van der Waals surface area contributed by atoms with Crippen LogP contribution in [0.25, 0.3) is 0 Å². The Kier molecular flexibility index (Phi) is 7.58. The number of amidine groups is 1. The standard InChI is InChI=1S/C26H28ClN5O/c27-21-13-14-24(30-18-21)31-26(33)22-7-3-4-8-23(22)29-17-19-9-11-20(12-10-19)25(28)32-15-5-1-2-6-16-32/h3-4,7-14,18,28-29H,1-2,5-6,15-17H2,(H,30,31,33). The maximum Gasteiger partial charge on any atom is 0.258 e. The normalized spacial score (nSPS) is 13.8. The van der Waals surface area contributed by atoms with Gasteiger partial charge in [-0.3, -0.25) is 10.2 Å². The second-order valence-corrected chi connectivity index (χ2v) is 8.60. The largest absolute Gasteiger partial charge is 0.380 e. The molecule has 0 saturated carbocycles. The Bertz CT molecular complexity index is 1090. The van der Waals surface area contributed by atoms with Crippen LogP contribution in [0.3, 0.4) is 0 Å². The second-order valence-electron chi connectivity index (χ2n) is 8.16. The quantitative estimate of drug-likeness (QED) is 0.320. The van der Waals surface area contributed by atoms with Crippen LogP contribution in [0.2, 0.25) is 5.02 Å². The number of amides is 1. The fraction of sp³-hybridized carbons (Fsp3) is 0.269. The van der Waals surface area contributed by atoms with Crippen molar-refractivity contribution < 1.29 is 4.79 Å². The molecule has 2 aromatic carbocycles. The number of anilines is 2. The summed E-state index contributed by atoms with van der Waals surface area (Å²) in [6.07, 6.45) is 6.32. The molecule has 4 rings (SSSR count). The zero-order valence-electron chi connectivity index (χ0n) is 18.5. The smallest absolute Gasteiger partial charge is 0.258 e. The molecule has 33 heavy (non-hydrogen) atoms. The van der Waals surface area contributed by atoms with Crippen molar-refractivity contribution in [2.24, 2.45) is 0 Å². The van der Waals surface area contributed by atoms with Crippen molar-refractivity contribution in [2.45, 2.75) is 32.2 Å². The van der Waals surface area contributed by atoms with Crippen LogP contribution in [0.5, 0.6) is 0 Å². The maximum absolute atomic E-state index is 12.8. The molecule has 6 nitrogen and oxygen atoms in total. The Morgan fingerprint density at radius 2 is 1.70 bits per heavy atom. The molecule has 1 aliphatic heterocycles. The zero-order chi connectivity index (χ0) is 23.0. The van der Waals surface area contributed by atoms with Gasteiger partial charge in [0.1, 0.15) is 11.7 Å². The van der Waals surface area contributed by atoms with Gasteiger partial charge in [-0.15, -0.1) is 0 Å². The molecular formula is C26H28ClN5O. The molecule has 1 fully saturated rings. The van der Waals surface area contributed by atoms with E-state index in [0.717, 1.165) is 42.7 Å². The molecule has 1 aromatic heterocycles. The van der Waals surface area contributed by atoms with Gasteiger partial charge in [0, 0.05) is 37.1 Å². The van der Waals surface area contributed by atoms with Crippen LogP contribution in [0, 0.1) is 5.41 Å². The monoisotopic (exact) mass is 461 g/mol. The Labute approximate surface area is 199 Å². The number of rotatable bonds is 6. The maximum atomic E-state index is 12.8. The first kappa shape index (κ1) is 22.8. The Morgan fingerprint density at radius 3 is 2.39 bits per heavy atom. The fourth-order valence-corrected chi connectivity index (χ4v) is 4.04. The number of pyridine rings is 1. The number of likely N-dealkylation sites (tertiary alicyclic amines) is 1. The van der Waals surface area contributed by atoms with E-state index in [2.05, 4.69) is 20.5 Å². The average Bonchev–Trinajstić information content (AvgIpc) is 3.14. The summed E-state index contributed by atoms with van der Waals surface area (Å²) in [6, 6.07) is 18.8. The van der Waals surface area contributed by atoms with Crippen molar-refractivity contribution in [3.8, 4) is 0 Å². The first-order valence-electron chi connectivity index (χ1n) is 11.3. The predicted molar refractivity (Wildman–Crippen MR) is 134 cm³/mol. The highest BCUT2D eigenvalue weighted by Gasteiger charge is 2.15. The van der Waals surface area contributed by atoms with Crippen molar-refractivity contribution in [3.63, 3.8) is 0 Å². The molecule has 0 unspecified atom stereocenters. The van der Waals surface area contributed by atoms with E-state index in [1.165, 1.54) is 19.0 Å². The highest BCUT2D eigenvalue weighted by Crippen LogP contribution is 2.19. The number of halogens is 1. The highest BCUT2D eigenvalue weighted by molar-refractivity contribution is 6.30. The van der Waals surface area contributed by atoms with Gasteiger partial charge in [-0.1, -0.05) is 60.8 Å². The van der Waals surface area contributed by atoms with Crippen molar-refractivity contribution >= 4 is 34.8 Å². The molecule has 2 heterocycles. The summed E-state index contributed by atoms with van der Waals surface area (Å²) >= 11 is 5.86. The summed E-state index contributed by atoms with van der Waals surface area (Å²) < 4.78 is 0. The van der Waals surface area contributed by atoms with Gasteiger partial charge in [0.05, 0.1) is 10.6 Å². The lowest BCUT2D eigenvalue weighted by molar-refractivity contribution is 0.102. The topological polar surface area (TPSA) is 81.1 Å². The van der Waals surface area contributed by atoms with E-state index in [-0.39, 0.29) is 5.91 Å². The third kappa shape index (κ3) is 6.11. The van der Waals surface area contributed by atoms with Crippen LogP contribution in [0.1, 0.15) is 47.2 Å². The average molecular weight is 462 g/mol. The summed E-state index contributed by atoms with van der Waals surface area (Å²) in [5.41, 5.74) is 3.30. The molecular weight excluding hydrogens is 434 g/mol. The van der Waals surface area contributed by atoms with Crippen LogP contribution >= 0.6 is 11.6 Å². The van der Waals surface area contributed by atoms with Crippen molar-refractivity contribution in [1.29, 1.82) is 5.41 Å². The van der Waals surface area contributed by atoms with Crippen molar-refractivity contribution in [3.05, 3.63) is 88.6 Å². The molecule has 0 bridgehead atoms. The minimum absolute atomic E-state index is 0.242. The molecule has 1 amide bonds. The van der Waals surface area contributed by atoms with E-state index in [0.29, 0.717) is 28.8 Å². The van der Waals surface area contributed by atoms with Gasteiger partial charge in [0.15, 0.2) is 0 Å². The first-order chi connectivity index (χ1) is 16.1. The minimum atomic E-state index is -0.242. The molecule has 1 aliphatic rings. The van der Waals surface area contributed by atoms with Crippen LogP contribution in [-0.2, 0) is 6.54 Å². The Morgan fingerprint density at radius 1 is 0.970 bits per heavy atom. The van der Waals surface area contributed by atoms with Crippen molar-refractivity contribution in [2.75, 3.05) is 23.7 Å². The number of benzene rings is 2. The molecule has 0 aliphatic carbocycles. The molecule has 1 saturated heterocycles. The summed E-state index contributed by atoms with van der Waals surface area (Å²) in [5, 5.41) is 15.2. The Balaban J connectivity index is 1.38. The fourth-order valence-electron chi connectivity index (χ4n) is 3.92. The number of carbonyl (C=O) groups excluding carboxylic acids is 1. The van der Waals surface area contributed by atoms with Crippen LogP contribution in [-0.4, -0.2) is 34.7 Å².